The molecule has 0 unspecified atom stereocenters. The normalized spacial score (nSPS) is 26.8. The van der Waals surface area contributed by atoms with Gasteiger partial charge in [-0.1, -0.05) is 0 Å². The molecule has 0 atom stereocenters. The SMILES string of the molecule is CC1(C)OCC(N(C(=O)OCC(COC(=O)N(C2COC(C)(C)OC2)C2COC(C)(C)OC2)N(C(COC(=O)N(C2COC(C)(C)OC2)C2COC(C)(C)OC2)COC(=O)N(C2COC(C)(C)OC2)C2COC(C)(C)OC2)C(COC(=O)N(C2COC(C)(C)OC2)C2COC(C)(C)OC2)COC(=O)N(C2COC(C)(C)OC2)C2COC(C)(C)OC2)C2COC(C)(C)OC2)CO1. The average Bonchev–Trinajstić information content (AvgIpc) is 0.793. The molecule has 43 nitrogen and oxygen atoms in total. The zero-order chi connectivity index (χ0) is 94.6. The Balaban J connectivity index is 1.05. The van der Waals surface area contributed by atoms with Gasteiger partial charge in [0.2, 0.25) is 0 Å². The quantitative estimate of drug-likeness (QED) is 0.0759. The lowest BCUT2D eigenvalue weighted by Crippen LogP contribution is -2.64. The topological polar surface area (TPSA) is 402 Å². The Labute approximate surface area is 763 Å². The van der Waals surface area contributed by atoms with Gasteiger partial charge in [-0.15, -0.1) is 0 Å². The molecule has 0 bridgehead atoms. The Kier molecular flexibility index (Phi) is 33.4. The molecule has 12 aliphatic rings. The maximum atomic E-state index is 16.2. The molecule has 0 saturated carbocycles. The van der Waals surface area contributed by atoms with Gasteiger partial charge in [0.25, 0.3) is 0 Å². The molecule has 12 aliphatic heterocycles. The van der Waals surface area contributed by atoms with Gasteiger partial charge in [-0.05, 0) is 166 Å². The minimum atomic E-state index is -1.68. The average molecular weight is 1870 g/mol. The summed E-state index contributed by atoms with van der Waals surface area (Å²) in [5.41, 5.74) is 0. The van der Waals surface area contributed by atoms with Crippen LogP contribution in [0.3, 0.4) is 0 Å². The van der Waals surface area contributed by atoms with Gasteiger partial charge in [0.15, 0.2) is 69.4 Å². The molecule has 0 radical (unpaired) electrons. The summed E-state index contributed by atoms with van der Waals surface area (Å²) in [4.78, 5) is 107. The number of hydrogen-bond donors (Lipinski definition) is 0. The minimum absolute atomic E-state index is 0.0643. The van der Waals surface area contributed by atoms with Gasteiger partial charge >= 0.3 is 36.6 Å². The summed E-state index contributed by atoms with van der Waals surface area (Å²) in [5, 5.41) is 0. The van der Waals surface area contributed by atoms with Gasteiger partial charge < -0.3 is 142 Å². The summed E-state index contributed by atoms with van der Waals surface area (Å²) in [6, 6.07) is -15.5. The molecule has 746 valence electrons. The smallest absolute Gasteiger partial charge is 0.410 e. The monoisotopic (exact) mass is 1870 g/mol. The van der Waals surface area contributed by atoms with Crippen molar-refractivity contribution >= 4 is 36.6 Å². The van der Waals surface area contributed by atoms with Crippen molar-refractivity contribution in [2.45, 2.75) is 326 Å². The van der Waals surface area contributed by atoms with E-state index in [4.69, 9.17) is 142 Å². The van der Waals surface area contributed by atoms with Crippen molar-refractivity contribution in [3.8, 4) is 0 Å². The van der Waals surface area contributed by atoms with Crippen molar-refractivity contribution in [3.63, 3.8) is 0 Å². The Bertz CT molecular complexity index is 2870. The lowest BCUT2D eigenvalue weighted by Gasteiger charge is -2.47. The van der Waals surface area contributed by atoms with Gasteiger partial charge in [0.05, 0.1) is 249 Å². The summed E-state index contributed by atoms with van der Waals surface area (Å²) >= 11 is 0. The number of rotatable bonds is 27. The zero-order valence-corrected chi connectivity index (χ0v) is 80.7. The lowest BCUT2D eigenvalue weighted by molar-refractivity contribution is -0.284. The molecular formula is C87H147N7O36. The van der Waals surface area contributed by atoms with E-state index >= 15 is 28.8 Å². The molecule has 43 heteroatoms. The first kappa shape index (κ1) is 104. The fourth-order valence-corrected chi connectivity index (χ4v) is 16.7. The Morgan fingerprint density at radius 2 is 0.254 bits per heavy atom. The van der Waals surface area contributed by atoms with Crippen LogP contribution in [0.5, 0.6) is 0 Å². The van der Waals surface area contributed by atoms with Crippen LogP contribution in [0, 0.1) is 0 Å². The Hall–Kier alpha value is -5.38. The standard InChI is InChI=1S/C87H147N7O36/c1-76(2)107-31-58(32-108-76)89(59-33-109-77(3,4)110-34-59)70(95)101-25-55(26-102-71(96)90(60-35-111-78(5,6)112-36-60)61-37-113-79(7,8)114-38-61)88(56(27-103-72(97)91(62-39-115-80(9,10)116-40-62)63-41-117-81(11,12)118-42-63)28-104-73(98)92(64-43-119-82(13,14)120-44-64)65-45-121-83(15,16)122-46-65)57(29-105-74(99)93(66-47-123-84(17,18)124-48-66)67-49-125-85(19,20)126-50-67)30-106-75(100)94(68-51-127-86(21,22)128-52-68)69-53-129-87(23,24)130-54-69/h55-69H,25-54H2,1-24H3. The highest BCUT2D eigenvalue weighted by Crippen LogP contribution is 2.37. The predicted octanol–water partition coefficient (Wildman–Crippen LogP) is 6.84. The van der Waals surface area contributed by atoms with Gasteiger partial charge in [-0.2, -0.15) is 0 Å². The van der Waals surface area contributed by atoms with Crippen molar-refractivity contribution in [3.05, 3.63) is 0 Å². The fraction of sp³-hybridized carbons (Fsp3) is 0.931. The molecule has 0 aliphatic carbocycles. The van der Waals surface area contributed by atoms with Crippen molar-refractivity contribution in [2.24, 2.45) is 0 Å². The molecule has 0 aromatic heterocycles. The number of carbonyl (C=O) groups is 6. The van der Waals surface area contributed by atoms with E-state index < -0.39 is 236 Å². The highest BCUT2D eigenvalue weighted by molar-refractivity contribution is 5.72. The number of ether oxygens (including phenoxy) is 30. The van der Waals surface area contributed by atoms with Crippen LogP contribution in [0.4, 0.5) is 28.8 Å². The highest BCUT2D eigenvalue weighted by atomic mass is 16.8. The lowest BCUT2D eigenvalue weighted by atomic mass is 10.1. The van der Waals surface area contributed by atoms with E-state index in [-0.39, 0.29) is 159 Å². The summed E-state index contributed by atoms with van der Waals surface area (Å²) < 4.78 is 191. The van der Waals surface area contributed by atoms with E-state index in [2.05, 4.69) is 0 Å². The molecule has 6 amide bonds. The molecular weight excluding hydrogens is 1720 g/mol. The maximum absolute atomic E-state index is 16.2. The minimum Gasteiger partial charge on any atom is -0.448 e. The van der Waals surface area contributed by atoms with Crippen LogP contribution in [-0.2, 0) is 142 Å². The first-order valence-electron chi connectivity index (χ1n) is 45.5. The van der Waals surface area contributed by atoms with Crippen LogP contribution in [0.1, 0.15) is 166 Å². The van der Waals surface area contributed by atoms with E-state index in [1.807, 2.05) is 0 Å². The molecule has 0 spiro atoms. The third-order valence-corrected chi connectivity index (χ3v) is 24.6. The second-order valence-corrected chi connectivity index (χ2v) is 40.4. The van der Waals surface area contributed by atoms with Crippen molar-refractivity contribution in [2.75, 3.05) is 198 Å². The first-order valence-corrected chi connectivity index (χ1v) is 45.5. The van der Waals surface area contributed by atoms with Crippen LogP contribution >= 0.6 is 0 Å². The van der Waals surface area contributed by atoms with Crippen molar-refractivity contribution in [1.29, 1.82) is 0 Å². The molecule has 130 heavy (non-hydrogen) atoms. The van der Waals surface area contributed by atoms with E-state index in [1.54, 1.807) is 166 Å². The summed E-state index contributed by atoms with van der Waals surface area (Å²) in [7, 11) is 0. The van der Waals surface area contributed by atoms with Crippen LogP contribution < -0.4 is 0 Å². The Morgan fingerprint density at radius 1 is 0.177 bits per heavy atom. The second kappa shape index (κ2) is 41.9. The number of hydrogen-bond acceptors (Lipinski definition) is 37. The Morgan fingerprint density at radius 3 is 0.331 bits per heavy atom. The number of amides is 6. The van der Waals surface area contributed by atoms with E-state index in [0.29, 0.717) is 0 Å². The van der Waals surface area contributed by atoms with Crippen molar-refractivity contribution in [1.82, 2.24) is 34.3 Å². The third kappa shape index (κ3) is 28.4. The summed E-state index contributed by atoms with van der Waals surface area (Å²) in [6.07, 6.45) is -5.96. The van der Waals surface area contributed by atoms with Gasteiger partial charge in [0, 0.05) is 0 Å². The molecule has 12 saturated heterocycles. The zero-order valence-electron chi connectivity index (χ0n) is 80.7. The highest BCUT2D eigenvalue weighted by Gasteiger charge is 2.53. The fourth-order valence-electron chi connectivity index (χ4n) is 16.7. The van der Waals surface area contributed by atoms with Crippen LogP contribution in [-0.4, -0.2) is 429 Å². The van der Waals surface area contributed by atoms with Gasteiger partial charge in [-0.25, -0.2) is 28.8 Å². The third-order valence-electron chi connectivity index (χ3n) is 24.6. The van der Waals surface area contributed by atoms with Gasteiger partial charge in [0.1, 0.15) is 39.6 Å². The number of nitrogens with zero attached hydrogens (tertiary/aromatic N) is 7. The van der Waals surface area contributed by atoms with Crippen LogP contribution in [0.2, 0.25) is 0 Å². The predicted molar refractivity (Wildman–Crippen MR) is 450 cm³/mol. The maximum Gasteiger partial charge on any atom is 0.410 e. The first-order chi connectivity index (χ1) is 60.6. The molecule has 0 N–H and O–H groups in total. The molecule has 12 heterocycles. The van der Waals surface area contributed by atoms with Crippen LogP contribution in [0.25, 0.3) is 0 Å². The van der Waals surface area contributed by atoms with E-state index in [9.17, 15) is 0 Å². The summed E-state index contributed by atoms with van der Waals surface area (Å²) in [6.45, 7) is 35.1. The number of carbonyl (C=O) groups excluding carboxylic acids is 6. The summed E-state index contributed by atoms with van der Waals surface area (Å²) in [5.74, 6) is -13.0. The van der Waals surface area contributed by atoms with E-state index in [0.717, 1.165) is 0 Å². The largest absolute Gasteiger partial charge is 0.448 e. The van der Waals surface area contributed by atoms with Crippen LogP contribution in [0.15, 0.2) is 0 Å². The second-order valence-electron chi connectivity index (χ2n) is 40.4. The van der Waals surface area contributed by atoms with E-state index in [1.165, 1.54) is 34.3 Å². The molecule has 12 rings (SSSR count). The molecule has 12 fully saturated rings. The molecule has 0 aromatic rings. The molecule has 0 aromatic carbocycles. The van der Waals surface area contributed by atoms with Gasteiger partial charge in [-0.3, -0.25) is 34.3 Å². The van der Waals surface area contributed by atoms with Crippen molar-refractivity contribution < 1.29 is 171 Å².